The lowest BCUT2D eigenvalue weighted by Gasteiger charge is -2.28. The van der Waals surface area contributed by atoms with Crippen molar-refractivity contribution in [1.29, 1.82) is 0 Å². The summed E-state index contributed by atoms with van der Waals surface area (Å²) in [6.07, 6.45) is 1.69. The van der Waals surface area contributed by atoms with E-state index in [1.165, 1.54) is 0 Å². The number of amides is 1. The van der Waals surface area contributed by atoms with Gasteiger partial charge in [0.25, 0.3) is 0 Å². The summed E-state index contributed by atoms with van der Waals surface area (Å²) in [7, 11) is 1.64. The van der Waals surface area contributed by atoms with Crippen LogP contribution in [-0.4, -0.2) is 85.6 Å². The van der Waals surface area contributed by atoms with Crippen LogP contribution in [0.15, 0.2) is 30.3 Å². The van der Waals surface area contributed by atoms with Gasteiger partial charge in [0.15, 0.2) is 11.5 Å². The summed E-state index contributed by atoms with van der Waals surface area (Å²) >= 11 is 0. The minimum atomic E-state index is 0.209. The number of hydrogen-bond acceptors (Lipinski definition) is 6. The van der Waals surface area contributed by atoms with Crippen LogP contribution in [0.4, 0.5) is 0 Å². The molecule has 8 heteroatoms. The van der Waals surface area contributed by atoms with E-state index < -0.39 is 0 Å². The number of ether oxygens (including phenoxy) is 3. The minimum Gasteiger partial charge on any atom is -0.493 e. The van der Waals surface area contributed by atoms with E-state index in [9.17, 15) is 4.79 Å². The predicted octanol–water partition coefficient (Wildman–Crippen LogP) is 1.69. The van der Waals surface area contributed by atoms with Crippen LogP contribution in [0.2, 0.25) is 0 Å². The fourth-order valence-corrected chi connectivity index (χ4v) is 4.00. The minimum absolute atomic E-state index is 0.209. The van der Waals surface area contributed by atoms with Crippen molar-refractivity contribution < 1.29 is 19.0 Å². The molecular formula is C22H30N4O4. The van der Waals surface area contributed by atoms with Gasteiger partial charge in [-0.3, -0.25) is 14.8 Å². The maximum absolute atomic E-state index is 12.6. The zero-order chi connectivity index (χ0) is 20.8. The van der Waals surface area contributed by atoms with Crippen LogP contribution in [0.25, 0.3) is 0 Å². The lowest BCUT2D eigenvalue weighted by molar-refractivity contribution is -0.132. The Morgan fingerprint density at radius 1 is 1.23 bits per heavy atom. The molecule has 1 unspecified atom stereocenters. The van der Waals surface area contributed by atoms with Crippen molar-refractivity contribution in [3.8, 4) is 11.5 Å². The molecule has 1 aromatic heterocycles. The van der Waals surface area contributed by atoms with Gasteiger partial charge in [0, 0.05) is 44.2 Å². The number of H-pyrrole nitrogens is 1. The molecule has 4 rings (SSSR count). The van der Waals surface area contributed by atoms with Gasteiger partial charge in [-0.05, 0) is 24.6 Å². The lowest BCUT2D eigenvalue weighted by Crippen LogP contribution is -2.44. The zero-order valence-electron chi connectivity index (χ0n) is 17.5. The summed E-state index contributed by atoms with van der Waals surface area (Å²) in [4.78, 5) is 16.8. The molecule has 0 spiro atoms. The Morgan fingerprint density at radius 3 is 2.83 bits per heavy atom. The molecule has 1 N–H and O–H groups in total. The molecule has 162 valence electrons. The second-order valence-corrected chi connectivity index (χ2v) is 7.78. The number of morpholine rings is 1. The molecule has 8 nitrogen and oxygen atoms in total. The summed E-state index contributed by atoms with van der Waals surface area (Å²) in [6, 6.07) is 9.74. The highest BCUT2D eigenvalue weighted by Crippen LogP contribution is 2.27. The fourth-order valence-electron chi connectivity index (χ4n) is 4.00. The van der Waals surface area contributed by atoms with Crippen molar-refractivity contribution in [3.05, 3.63) is 41.7 Å². The third-order valence-electron chi connectivity index (χ3n) is 5.77. The third kappa shape index (κ3) is 5.12. The quantitative estimate of drug-likeness (QED) is 0.708. The molecular weight excluding hydrogens is 384 g/mol. The molecule has 0 bridgehead atoms. The predicted molar refractivity (Wildman–Crippen MR) is 112 cm³/mol. The van der Waals surface area contributed by atoms with Gasteiger partial charge in [-0.1, -0.05) is 12.1 Å². The Bertz CT molecular complexity index is 834. The van der Waals surface area contributed by atoms with Crippen molar-refractivity contribution in [1.82, 2.24) is 20.0 Å². The van der Waals surface area contributed by atoms with Crippen molar-refractivity contribution in [2.75, 3.05) is 59.7 Å². The van der Waals surface area contributed by atoms with E-state index in [0.717, 1.165) is 61.9 Å². The first-order valence-electron chi connectivity index (χ1n) is 10.6. The highest BCUT2D eigenvalue weighted by Gasteiger charge is 2.29. The van der Waals surface area contributed by atoms with E-state index in [1.807, 2.05) is 29.2 Å². The second-order valence-electron chi connectivity index (χ2n) is 7.78. The van der Waals surface area contributed by atoms with Gasteiger partial charge in [-0.25, -0.2) is 0 Å². The Hall–Kier alpha value is -2.58. The van der Waals surface area contributed by atoms with Crippen LogP contribution >= 0.6 is 0 Å². The van der Waals surface area contributed by atoms with Crippen molar-refractivity contribution in [2.45, 2.75) is 18.8 Å². The number of aromatic amines is 1. The molecule has 1 aromatic carbocycles. The molecule has 0 radical (unpaired) electrons. The maximum atomic E-state index is 12.6. The Kier molecular flexibility index (Phi) is 6.86. The second kappa shape index (κ2) is 9.95. The van der Waals surface area contributed by atoms with Gasteiger partial charge in [0.05, 0.1) is 39.2 Å². The summed E-state index contributed by atoms with van der Waals surface area (Å²) < 4.78 is 16.5. The van der Waals surface area contributed by atoms with Crippen LogP contribution < -0.4 is 9.47 Å². The van der Waals surface area contributed by atoms with Crippen LogP contribution in [-0.2, 0) is 16.0 Å². The molecule has 30 heavy (non-hydrogen) atoms. The number of carbonyl (C=O) groups is 1. The molecule has 2 aliphatic heterocycles. The van der Waals surface area contributed by atoms with E-state index >= 15 is 0 Å². The van der Waals surface area contributed by atoms with Crippen LogP contribution in [0.3, 0.4) is 0 Å². The van der Waals surface area contributed by atoms with Crippen molar-refractivity contribution >= 4 is 5.91 Å². The first kappa shape index (κ1) is 20.7. The standard InChI is InChI=1S/C22H30N4O4/c1-28-20-4-2-3-5-21(20)30-11-7-18-14-19(24-23-18)17-6-8-26(15-17)22(27)16-25-9-12-29-13-10-25/h2-5,14,17H,6-13,15-16H2,1H3,(H,23,24). The summed E-state index contributed by atoms with van der Waals surface area (Å²) in [5, 5.41) is 7.62. The largest absolute Gasteiger partial charge is 0.493 e. The van der Waals surface area contributed by atoms with E-state index in [2.05, 4.69) is 21.2 Å². The average molecular weight is 415 g/mol. The average Bonchev–Trinajstić information content (AvgIpc) is 3.45. The van der Waals surface area contributed by atoms with Gasteiger partial charge in [0.2, 0.25) is 5.91 Å². The Labute approximate surface area is 177 Å². The topological polar surface area (TPSA) is 79.9 Å². The van der Waals surface area contributed by atoms with Crippen molar-refractivity contribution in [2.24, 2.45) is 0 Å². The SMILES string of the molecule is COc1ccccc1OCCc1cc(C2CCN(C(=O)CN3CCOCC3)C2)n[nH]1. The first-order chi connectivity index (χ1) is 14.7. The Morgan fingerprint density at radius 2 is 2.03 bits per heavy atom. The summed E-state index contributed by atoms with van der Waals surface area (Å²) in [5.74, 6) is 1.97. The number of nitrogens with zero attached hydrogens (tertiary/aromatic N) is 3. The maximum Gasteiger partial charge on any atom is 0.236 e. The molecule has 0 aliphatic carbocycles. The highest BCUT2D eigenvalue weighted by molar-refractivity contribution is 5.78. The lowest BCUT2D eigenvalue weighted by atomic mass is 10.0. The van der Waals surface area contributed by atoms with Crippen LogP contribution in [0, 0.1) is 0 Å². The molecule has 2 fully saturated rings. The monoisotopic (exact) mass is 414 g/mol. The summed E-state index contributed by atoms with van der Waals surface area (Å²) in [6.45, 7) is 5.67. The van der Waals surface area contributed by atoms with Gasteiger partial charge in [-0.15, -0.1) is 0 Å². The van der Waals surface area contributed by atoms with E-state index in [-0.39, 0.29) is 5.91 Å². The number of hydrogen-bond donors (Lipinski definition) is 1. The molecule has 0 saturated carbocycles. The van der Waals surface area contributed by atoms with Crippen LogP contribution in [0.5, 0.6) is 11.5 Å². The number of carbonyl (C=O) groups excluding carboxylic acids is 1. The molecule has 2 saturated heterocycles. The van der Waals surface area contributed by atoms with E-state index in [4.69, 9.17) is 14.2 Å². The van der Waals surface area contributed by atoms with Gasteiger partial charge in [-0.2, -0.15) is 5.10 Å². The normalized spacial score (nSPS) is 19.8. The van der Waals surface area contributed by atoms with E-state index in [1.54, 1.807) is 7.11 Å². The van der Waals surface area contributed by atoms with Crippen molar-refractivity contribution in [3.63, 3.8) is 0 Å². The highest BCUT2D eigenvalue weighted by atomic mass is 16.5. The molecule has 1 atom stereocenters. The number of aromatic nitrogens is 2. The molecule has 2 aromatic rings. The van der Waals surface area contributed by atoms with Crippen LogP contribution in [0.1, 0.15) is 23.7 Å². The molecule has 1 amide bonds. The first-order valence-corrected chi connectivity index (χ1v) is 10.6. The smallest absolute Gasteiger partial charge is 0.236 e. The third-order valence-corrected chi connectivity index (χ3v) is 5.77. The summed E-state index contributed by atoms with van der Waals surface area (Å²) in [5.41, 5.74) is 2.07. The number of nitrogens with one attached hydrogen (secondary N) is 1. The number of para-hydroxylation sites is 2. The zero-order valence-corrected chi connectivity index (χ0v) is 17.5. The number of rotatable bonds is 8. The molecule has 2 aliphatic rings. The number of likely N-dealkylation sites (tertiary alicyclic amines) is 1. The Balaban J connectivity index is 1.24. The van der Waals surface area contributed by atoms with Gasteiger partial charge in [0.1, 0.15) is 0 Å². The number of benzene rings is 1. The van der Waals surface area contributed by atoms with Gasteiger partial charge >= 0.3 is 0 Å². The molecule has 3 heterocycles. The fraction of sp³-hybridized carbons (Fsp3) is 0.545. The van der Waals surface area contributed by atoms with Gasteiger partial charge < -0.3 is 19.1 Å². The van der Waals surface area contributed by atoms with E-state index in [0.29, 0.717) is 32.3 Å². The number of methoxy groups -OCH3 is 1.